The number of rotatable bonds is 4. The molecule has 3 aromatic rings. The molecule has 10 heteroatoms. The third-order valence-electron chi connectivity index (χ3n) is 3.65. The Hall–Kier alpha value is -2.91. The first-order valence-electron chi connectivity index (χ1n) is 7.45. The zero-order valence-corrected chi connectivity index (χ0v) is 13.5. The van der Waals surface area contributed by atoms with Crippen molar-refractivity contribution in [3.8, 4) is 5.88 Å². The molecular weight excluding hydrogens is 337 g/mol. The van der Waals surface area contributed by atoms with Crippen molar-refractivity contribution in [3.05, 3.63) is 41.0 Å². The van der Waals surface area contributed by atoms with Gasteiger partial charge in [0.15, 0.2) is 0 Å². The minimum Gasteiger partial charge on any atom is -0.478 e. The Bertz CT molecular complexity index is 922. The van der Waals surface area contributed by atoms with Crippen LogP contribution in [0.4, 0.5) is 19.0 Å². The van der Waals surface area contributed by atoms with Crippen LogP contribution in [0.1, 0.15) is 29.4 Å². The lowest BCUT2D eigenvalue weighted by Gasteiger charge is -2.14. The van der Waals surface area contributed by atoms with Gasteiger partial charge >= 0.3 is 6.18 Å². The quantitative estimate of drug-likeness (QED) is 0.775. The van der Waals surface area contributed by atoms with Crippen molar-refractivity contribution in [2.75, 3.05) is 12.3 Å². The number of aryl methyl sites for hydroxylation is 1. The van der Waals surface area contributed by atoms with E-state index in [2.05, 4.69) is 20.1 Å². The second-order valence-corrected chi connectivity index (χ2v) is 5.30. The zero-order valence-electron chi connectivity index (χ0n) is 13.5. The monoisotopic (exact) mass is 352 g/mol. The molecule has 3 aromatic heterocycles. The van der Waals surface area contributed by atoms with Gasteiger partial charge in [-0.25, -0.2) is 9.97 Å². The molecule has 0 atom stereocenters. The van der Waals surface area contributed by atoms with Crippen LogP contribution in [0, 0.1) is 6.92 Å². The SMILES string of the molecule is CCOc1nc(C(F)(F)F)ccc1Cc1c(C)nc2ncnn2c1N. The average Bonchev–Trinajstić information content (AvgIpc) is 3.00. The molecule has 0 saturated heterocycles. The largest absolute Gasteiger partial charge is 0.478 e. The van der Waals surface area contributed by atoms with Crippen LogP contribution in [0.15, 0.2) is 18.5 Å². The predicted molar refractivity (Wildman–Crippen MR) is 83.1 cm³/mol. The third-order valence-corrected chi connectivity index (χ3v) is 3.65. The van der Waals surface area contributed by atoms with Gasteiger partial charge in [0.2, 0.25) is 5.88 Å². The lowest BCUT2D eigenvalue weighted by Crippen LogP contribution is -2.12. The molecule has 3 heterocycles. The molecular formula is C15H15F3N6O. The molecule has 7 nitrogen and oxygen atoms in total. The van der Waals surface area contributed by atoms with E-state index >= 15 is 0 Å². The summed E-state index contributed by atoms with van der Waals surface area (Å²) in [6, 6.07) is 2.26. The third kappa shape index (κ3) is 3.19. The lowest BCUT2D eigenvalue weighted by molar-refractivity contribution is -0.141. The van der Waals surface area contributed by atoms with Gasteiger partial charge in [0.1, 0.15) is 17.8 Å². The summed E-state index contributed by atoms with van der Waals surface area (Å²) in [6.45, 7) is 3.61. The van der Waals surface area contributed by atoms with Crippen molar-refractivity contribution in [1.29, 1.82) is 0 Å². The Labute approximate surface area is 140 Å². The van der Waals surface area contributed by atoms with Crippen molar-refractivity contribution < 1.29 is 17.9 Å². The second kappa shape index (κ2) is 6.19. The molecule has 25 heavy (non-hydrogen) atoms. The topological polar surface area (TPSA) is 91.2 Å². The maximum absolute atomic E-state index is 12.9. The fraction of sp³-hybridized carbons (Fsp3) is 0.333. The Morgan fingerprint density at radius 3 is 2.68 bits per heavy atom. The van der Waals surface area contributed by atoms with Gasteiger partial charge in [-0.05, 0) is 19.9 Å². The predicted octanol–water partition coefficient (Wildman–Crippen LogP) is 2.42. The Morgan fingerprint density at radius 2 is 2.00 bits per heavy atom. The number of anilines is 1. The van der Waals surface area contributed by atoms with Crippen molar-refractivity contribution in [3.63, 3.8) is 0 Å². The number of fused-ring (bicyclic) bond motifs is 1. The maximum atomic E-state index is 12.9. The fourth-order valence-corrected chi connectivity index (χ4v) is 2.44. The highest BCUT2D eigenvalue weighted by molar-refractivity contribution is 5.51. The highest BCUT2D eigenvalue weighted by Gasteiger charge is 2.33. The Balaban J connectivity index is 2.05. The summed E-state index contributed by atoms with van der Waals surface area (Å²) in [5.74, 6) is 0.603. The highest BCUT2D eigenvalue weighted by atomic mass is 19.4. The number of alkyl halides is 3. The molecule has 132 valence electrons. The summed E-state index contributed by atoms with van der Waals surface area (Å²) in [5, 5.41) is 3.99. The van der Waals surface area contributed by atoms with Gasteiger partial charge in [-0.3, -0.25) is 0 Å². The van der Waals surface area contributed by atoms with Gasteiger partial charge in [0, 0.05) is 23.2 Å². The van der Waals surface area contributed by atoms with Gasteiger partial charge in [-0.15, -0.1) is 0 Å². The second-order valence-electron chi connectivity index (χ2n) is 5.30. The van der Waals surface area contributed by atoms with Crippen LogP contribution in [0.25, 0.3) is 5.78 Å². The van der Waals surface area contributed by atoms with E-state index in [1.807, 2.05) is 0 Å². The number of pyridine rings is 1. The van der Waals surface area contributed by atoms with Crippen LogP contribution < -0.4 is 10.5 Å². The molecule has 0 aromatic carbocycles. The Morgan fingerprint density at radius 1 is 1.24 bits per heavy atom. The summed E-state index contributed by atoms with van der Waals surface area (Å²) in [6.07, 6.45) is -3.01. The van der Waals surface area contributed by atoms with Gasteiger partial charge < -0.3 is 10.5 Å². The van der Waals surface area contributed by atoms with Crippen LogP contribution in [-0.4, -0.2) is 31.2 Å². The average molecular weight is 352 g/mol. The first-order valence-corrected chi connectivity index (χ1v) is 7.45. The zero-order chi connectivity index (χ0) is 18.2. The number of nitrogens with two attached hydrogens (primary N) is 1. The van der Waals surface area contributed by atoms with E-state index < -0.39 is 11.9 Å². The standard InChI is InChI=1S/C15H15F3N6O/c1-3-25-13-9(4-5-11(23-13)15(16,17)18)6-10-8(2)22-14-20-7-21-24(14)12(10)19/h4-5,7H,3,6,19H2,1-2H3. The first kappa shape index (κ1) is 16.9. The van der Waals surface area contributed by atoms with Gasteiger partial charge in [0.25, 0.3) is 5.78 Å². The molecule has 0 aliphatic heterocycles. The van der Waals surface area contributed by atoms with E-state index in [1.54, 1.807) is 13.8 Å². The first-order chi connectivity index (χ1) is 11.8. The summed E-state index contributed by atoms with van der Waals surface area (Å²) in [4.78, 5) is 11.9. The van der Waals surface area contributed by atoms with Crippen LogP contribution in [0.3, 0.4) is 0 Å². The van der Waals surface area contributed by atoms with Gasteiger partial charge in [0.05, 0.1) is 6.61 Å². The smallest absolute Gasteiger partial charge is 0.433 e. The molecule has 0 fully saturated rings. The molecule has 0 saturated carbocycles. The summed E-state index contributed by atoms with van der Waals surface area (Å²) < 4.78 is 45.3. The molecule has 0 aliphatic carbocycles. The van der Waals surface area contributed by atoms with E-state index in [4.69, 9.17) is 10.5 Å². The fourth-order valence-electron chi connectivity index (χ4n) is 2.44. The minimum atomic E-state index is -4.54. The van der Waals surface area contributed by atoms with Crippen LogP contribution >= 0.6 is 0 Å². The van der Waals surface area contributed by atoms with Crippen molar-refractivity contribution in [1.82, 2.24) is 24.6 Å². The minimum absolute atomic E-state index is 0.0742. The number of ether oxygens (including phenoxy) is 1. The van der Waals surface area contributed by atoms with Crippen LogP contribution in [0.2, 0.25) is 0 Å². The van der Waals surface area contributed by atoms with Gasteiger partial charge in [-0.1, -0.05) is 6.07 Å². The van der Waals surface area contributed by atoms with E-state index in [0.29, 0.717) is 28.4 Å². The highest BCUT2D eigenvalue weighted by Crippen LogP contribution is 2.31. The van der Waals surface area contributed by atoms with Crippen molar-refractivity contribution in [2.45, 2.75) is 26.4 Å². The van der Waals surface area contributed by atoms with Crippen molar-refractivity contribution >= 4 is 11.6 Å². The Kier molecular flexibility index (Phi) is 4.19. The molecule has 3 rings (SSSR count). The molecule has 0 unspecified atom stereocenters. The maximum Gasteiger partial charge on any atom is 0.433 e. The number of nitrogen functional groups attached to an aromatic ring is 1. The summed E-state index contributed by atoms with van der Waals surface area (Å²) >= 11 is 0. The molecule has 0 aliphatic rings. The van der Waals surface area contributed by atoms with E-state index in [0.717, 1.165) is 6.07 Å². The number of nitrogens with zero attached hydrogens (tertiary/aromatic N) is 5. The number of hydrogen-bond donors (Lipinski definition) is 1. The van der Waals surface area contributed by atoms with Crippen LogP contribution in [-0.2, 0) is 12.6 Å². The number of hydrogen-bond acceptors (Lipinski definition) is 6. The van der Waals surface area contributed by atoms with E-state index in [-0.39, 0.29) is 18.9 Å². The lowest BCUT2D eigenvalue weighted by atomic mass is 10.0. The molecule has 0 radical (unpaired) electrons. The molecule has 2 N–H and O–H groups in total. The van der Waals surface area contributed by atoms with Crippen molar-refractivity contribution in [2.24, 2.45) is 0 Å². The number of aromatic nitrogens is 5. The summed E-state index contributed by atoms with van der Waals surface area (Å²) in [7, 11) is 0. The molecule has 0 amide bonds. The van der Waals surface area contributed by atoms with E-state index in [1.165, 1.54) is 16.9 Å². The normalized spacial score (nSPS) is 11.9. The van der Waals surface area contributed by atoms with E-state index in [9.17, 15) is 13.2 Å². The van der Waals surface area contributed by atoms with Gasteiger partial charge in [-0.2, -0.15) is 27.8 Å². The van der Waals surface area contributed by atoms with Crippen LogP contribution in [0.5, 0.6) is 5.88 Å². The molecule has 0 bridgehead atoms. The molecule has 0 spiro atoms. The number of halogens is 3. The summed E-state index contributed by atoms with van der Waals surface area (Å²) in [5.41, 5.74) is 6.82.